The fraction of sp³-hybridized carbons (Fsp3) is 1.00. The molecule has 1 fully saturated rings. The first-order chi connectivity index (χ1) is 4.61. The molecular weight excluding hydrogens is 126 g/mol. The van der Waals surface area contributed by atoms with Crippen LogP contribution in [0.3, 0.4) is 0 Å². The second-order valence-corrected chi connectivity index (χ2v) is 3.77. The van der Waals surface area contributed by atoms with E-state index in [9.17, 15) is 5.21 Å². The molecule has 0 atom stereocenters. The molecule has 1 N–H and O–H groups in total. The molecule has 0 unspecified atom stereocenters. The third-order valence-corrected chi connectivity index (χ3v) is 2.47. The van der Waals surface area contributed by atoms with Crippen LogP contribution >= 0.6 is 0 Å². The summed E-state index contributed by atoms with van der Waals surface area (Å²) in [6, 6.07) is 0.494. The molecule has 1 aliphatic carbocycles. The molecule has 10 heavy (non-hydrogen) atoms. The minimum atomic E-state index is 0.167. The van der Waals surface area contributed by atoms with E-state index in [1.165, 1.54) is 32.1 Å². The first kappa shape index (κ1) is 8.02. The fourth-order valence-corrected chi connectivity index (χ4v) is 1.71. The molecule has 0 aromatic rings. The molecule has 60 valence electrons. The average Bonchev–Trinajstić information content (AvgIpc) is 1.88. The Hall–Kier alpha value is -0.0800. The van der Waals surface area contributed by atoms with Gasteiger partial charge in [0.05, 0.1) is 14.1 Å². The van der Waals surface area contributed by atoms with Gasteiger partial charge in [0.1, 0.15) is 6.04 Å². The van der Waals surface area contributed by atoms with E-state index >= 15 is 0 Å². The van der Waals surface area contributed by atoms with E-state index < -0.39 is 0 Å². The average molecular weight is 144 g/mol. The molecule has 1 aliphatic rings. The highest BCUT2D eigenvalue weighted by Gasteiger charge is 2.27. The van der Waals surface area contributed by atoms with Crippen LogP contribution in [-0.4, -0.2) is 30.0 Å². The minimum Gasteiger partial charge on any atom is -0.217 e. The van der Waals surface area contributed by atoms with Gasteiger partial charge in [-0.05, 0) is 12.8 Å². The maximum atomic E-state index is 9.58. The zero-order valence-corrected chi connectivity index (χ0v) is 7.01. The van der Waals surface area contributed by atoms with Gasteiger partial charge in [0.15, 0.2) is 0 Å². The number of rotatable bonds is 1. The zero-order chi connectivity index (χ0) is 7.61. The molecule has 0 bridgehead atoms. The summed E-state index contributed by atoms with van der Waals surface area (Å²) in [6.07, 6.45) is 6.35. The van der Waals surface area contributed by atoms with E-state index in [1.807, 2.05) is 14.1 Å². The molecule has 1 saturated carbocycles. The van der Waals surface area contributed by atoms with Crippen molar-refractivity contribution in [2.24, 2.45) is 0 Å². The van der Waals surface area contributed by atoms with Crippen molar-refractivity contribution >= 4 is 0 Å². The maximum absolute atomic E-state index is 9.58. The molecule has 2 nitrogen and oxygen atoms in total. The first-order valence-corrected chi connectivity index (χ1v) is 4.17. The van der Waals surface area contributed by atoms with E-state index in [4.69, 9.17) is 0 Å². The van der Waals surface area contributed by atoms with Crippen LogP contribution in [0.2, 0.25) is 0 Å². The molecular formula is C8H18NO+. The van der Waals surface area contributed by atoms with Crippen LogP contribution in [0.4, 0.5) is 0 Å². The molecule has 0 radical (unpaired) electrons. The lowest BCUT2D eigenvalue weighted by atomic mass is 9.94. The standard InChI is InChI=1S/C8H18NO/c1-9(2,10)8-6-4-3-5-7-8/h8,10H,3-7H2,1-2H3/q+1. The second-order valence-electron chi connectivity index (χ2n) is 3.77. The Bertz CT molecular complexity index is 100. The smallest absolute Gasteiger partial charge is 0.118 e. The Morgan fingerprint density at radius 3 is 1.90 bits per heavy atom. The summed E-state index contributed by atoms with van der Waals surface area (Å²) in [5.74, 6) is 0. The normalized spacial score (nSPS) is 23.1. The van der Waals surface area contributed by atoms with E-state index in [0.29, 0.717) is 6.04 Å². The van der Waals surface area contributed by atoms with Crippen molar-refractivity contribution in [1.29, 1.82) is 0 Å². The van der Waals surface area contributed by atoms with Crippen molar-refractivity contribution in [1.82, 2.24) is 0 Å². The quantitative estimate of drug-likeness (QED) is 0.439. The Kier molecular flexibility index (Phi) is 2.32. The summed E-state index contributed by atoms with van der Waals surface area (Å²) in [6.45, 7) is 0. The molecule has 0 amide bonds. The highest BCUT2D eigenvalue weighted by atomic mass is 16.5. The van der Waals surface area contributed by atoms with Gasteiger partial charge in [-0.15, -0.1) is 0 Å². The third-order valence-electron chi connectivity index (χ3n) is 2.47. The Labute approximate surface area is 63.0 Å². The first-order valence-electron chi connectivity index (χ1n) is 4.17. The van der Waals surface area contributed by atoms with Gasteiger partial charge in [0, 0.05) is 12.8 Å². The lowest BCUT2D eigenvalue weighted by Gasteiger charge is -2.32. The van der Waals surface area contributed by atoms with Gasteiger partial charge in [-0.1, -0.05) is 6.42 Å². The van der Waals surface area contributed by atoms with Gasteiger partial charge in [-0.25, -0.2) is 5.21 Å². The fourth-order valence-electron chi connectivity index (χ4n) is 1.71. The van der Waals surface area contributed by atoms with Crippen molar-refractivity contribution in [2.75, 3.05) is 14.1 Å². The predicted octanol–water partition coefficient (Wildman–Crippen LogP) is 1.78. The van der Waals surface area contributed by atoms with E-state index in [0.717, 1.165) is 0 Å². The zero-order valence-electron chi connectivity index (χ0n) is 7.01. The van der Waals surface area contributed by atoms with E-state index in [-0.39, 0.29) is 4.65 Å². The highest BCUT2D eigenvalue weighted by molar-refractivity contribution is 4.63. The van der Waals surface area contributed by atoms with Crippen molar-refractivity contribution in [3.63, 3.8) is 0 Å². The second kappa shape index (κ2) is 2.89. The highest BCUT2D eigenvalue weighted by Crippen LogP contribution is 2.23. The van der Waals surface area contributed by atoms with Gasteiger partial charge in [-0.3, -0.25) is 0 Å². The van der Waals surface area contributed by atoms with Gasteiger partial charge < -0.3 is 0 Å². The monoisotopic (exact) mass is 144 g/mol. The number of quaternary nitrogens is 1. The molecule has 1 rings (SSSR count). The molecule has 0 heterocycles. The van der Waals surface area contributed by atoms with Crippen LogP contribution in [0.5, 0.6) is 0 Å². The van der Waals surface area contributed by atoms with E-state index in [2.05, 4.69) is 0 Å². The lowest BCUT2D eigenvalue weighted by molar-refractivity contribution is -1.09. The third kappa shape index (κ3) is 1.96. The van der Waals surface area contributed by atoms with Gasteiger partial charge >= 0.3 is 0 Å². The summed E-state index contributed by atoms with van der Waals surface area (Å²) < 4.78 is 0.167. The summed E-state index contributed by atoms with van der Waals surface area (Å²) in [4.78, 5) is 0. The summed E-state index contributed by atoms with van der Waals surface area (Å²) in [7, 11) is 3.74. The van der Waals surface area contributed by atoms with Crippen LogP contribution in [0.25, 0.3) is 0 Å². The van der Waals surface area contributed by atoms with E-state index in [1.54, 1.807) is 0 Å². The van der Waals surface area contributed by atoms with Crippen LogP contribution in [0.15, 0.2) is 0 Å². The minimum absolute atomic E-state index is 0.167. The molecule has 0 aromatic carbocycles. The Balaban J connectivity index is 2.39. The molecule has 0 aliphatic heterocycles. The van der Waals surface area contributed by atoms with Gasteiger partial charge in [-0.2, -0.15) is 4.65 Å². The molecule has 2 heteroatoms. The van der Waals surface area contributed by atoms with Crippen molar-refractivity contribution < 1.29 is 9.85 Å². The van der Waals surface area contributed by atoms with Crippen LogP contribution in [0.1, 0.15) is 32.1 Å². The number of nitrogens with zero attached hydrogens (tertiary/aromatic N) is 1. The summed E-state index contributed by atoms with van der Waals surface area (Å²) in [5, 5.41) is 9.58. The number of hydroxylamine groups is 3. The van der Waals surface area contributed by atoms with Crippen molar-refractivity contribution in [3.8, 4) is 0 Å². The summed E-state index contributed by atoms with van der Waals surface area (Å²) >= 11 is 0. The topological polar surface area (TPSA) is 20.2 Å². The van der Waals surface area contributed by atoms with Crippen molar-refractivity contribution in [3.05, 3.63) is 0 Å². The van der Waals surface area contributed by atoms with Gasteiger partial charge in [0.25, 0.3) is 0 Å². The largest absolute Gasteiger partial charge is 0.217 e. The Morgan fingerprint density at radius 1 is 1.10 bits per heavy atom. The number of hydrogen-bond acceptors (Lipinski definition) is 1. The molecule has 0 aromatic heterocycles. The summed E-state index contributed by atoms with van der Waals surface area (Å²) in [5.41, 5.74) is 0. The van der Waals surface area contributed by atoms with Crippen molar-refractivity contribution in [2.45, 2.75) is 38.1 Å². The lowest BCUT2D eigenvalue weighted by Crippen LogP contribution is -2.46. The SMILES string of the molecule is C[N+](C)(O)C1CCCCC1. The van der Waals surface area contributed by atoms with Crippen LogP contribution in [-0.2, 0) is 0 Å². The Morgan fingerprint density at radius 2 is 1.60 bits per heavy atom. The predicted molar refractivity (Wildman–Crippen MR) is 40.8 cm³/mol. The van der Waals surface area contributed by atoms with Crippen LogP contribution in [0, 0.1) is 0 Å². The number of hydrogen-bond donors (Lipinski definition) is 1. The molecule has 0 spiro atoms. The maximum Gasteiger partial charge on any atom is 0.118 e. The van der Waals surface area contributed by atoms with Crippen LogP contribution < -0.4 is 0 Å². The van der Waals surface area contributed by atoms with Gasteiger partial charge in [0.2, 0.25) is 0 Å². The molecule has 0 saturated heterocycles.